The van der Waals surface area contributed by atoms with Crippen LogP contribution in [-0.4, -0.2) is 29.4 Å². The summed E-state index contributed by atoms with van der Waals surface area (Å²) in [5.74, 6) is 1.23. The Morgan fingerprint density at radius 2 is 2.08 bits per heavy atom. The molecule has 1 N–H and O–H groups in total. The van der Waals surface area contributed by atoms with Crippen LogP contribution in [0.1, 0.15) is 33.1 Å². The lowest BCUT2D eigenvalue weighted by Crippen LogP contribution is -2.47. The van der Waals surface area contributed by atoms with Gasteiger partial charge in [-0.05, 0) is 33.1 Å². The van der Waals surface area contributed by atoms with Crippen LogP contribution in [0.4, 0.5) is 0 Å². The van der Waals surface area contributed by atoms with E-state index in [1.807, 2.05) is 0 Å². The van der Waals surface area contributed by atoms with Gasteiger partial charge in [0.1, 0.15) is 0 Å². The van der Waals surface area contributed by atoms with Gasteiger partial charge in [0.15, 0.2) is 0 Å². The van der Waals surface area contributed by atoms with Crippen molar-refractivity contribution in [2.45, 2.75) is 43.5 Å². The molecule has 13 heavy (non-hydrogen) atoms. The molecule has 76 valence electrons. The summed E-state index contributed by atoms with van der Waals surface area (Å²) in [4.78, 5) is 0.333. The van der Waals surface area contributed by atoms with Crippen LogP contribution < -0.4 is 5.32 Å². The summed E-state index contributed by atoms with van der Waals surface area (Å²) in [5, 5.41) is 3.77. The third-order valence-corrected chi connectivity index (χ3v) is 4.72. The number of rotatable bonds is 0. The standard InChI is InChI=1S/C10H19NOS/c1-9(2)8-13-10(11-9)4-3-6-12-7-5-10/h11H,3-8H2,1-2H3. The van der Waals surface area contributed by atoms with Crippen molar-refractivity contribution < 1.29 is 4.74 Å². The minimum absolute atomic E-state index is 0.314. The Kier molecular flexibility index (Phi) is 2.60. The minimum atomic E-state index is 0.314. The number of hydrogen-bond donors (Lipinski definition) is 1. The van der Waals surface area contributed by atoms with E-state index in [9.17, 15) is 0 Å². The fraction of sp³-hybridized carbons (Fsp3) is 1.00. The van der Waals surface area contributed by atoms with Crippen LogP contribution in [0.25, 0.3) is 0 Å². The highest BCUT2D eigenvalue weighted by Gasteiger charge is 2.42. The quantitative estimate of drug-likeness (QED) is 0.647. The lowest BCUT2D eigenvalue weighted by molar-refractivity contribution is 0.141. The number of thioether (sulfide) groups is 1. The molecule has 0 aromatic heterocycles. The van der Waals surface area contributed by atoms with Crippen LogP contribution in [0.5, 0.6) is 0 Å². The second-order valence-electron chi connectivity index (χ2n) is 4.76. The zero-order chi connectivity index (χ0) is 9.36. The van der Waals surface area contributed by atoms with Crippen LogP contribution in [0.2, 0.25) is 0 Å². The predicted octanol–water partition coefficient (Wildman–Crippen LogP) is 2.00. The van der Waals surface area contributed by atoms with Crippen LogP contribution >= 0.6 is 11.8 Å². The molecule has 2 fully saturated rings. The van der Waals surface area contributed by atoms with Gasteiger partial charge in [0, 0.05) is 24.5 Å². The Morgan fingerprint density at radius 3 is 2.77 bits per heavy atom. The van der Waals surface area contributed by atoms with Gasteiger partial charge in [0.05, 0.1) is 4.87 Å². The summed E-state index contributed by atoms with van der Waals surface area (Å²) in [6, 6.07) is 0. The van der Waals surface area contributed by atoms with Crippen LogP contribution in [0, 0.1) is 0 Å². The average Bonchev–Trinajstić information content (AvgIpc) is 2.26. The van der Waals surface area contributed by atoms with E-state index in [-0.39, 0.29) is 0 Å². The summed E-state index contributed by atoms with van der Waals surface area (Å²) in [5.41, 5.74) is 0.314. The summed E-state index contributed by atoms with van der Waals surface area (Å²) >= 11 is 2.09. The molecular formula is C10H19NOS. The van der Waals surface area contributed by atoms with E-state index in [2.05, 4.69) is 30.9 Å². The molecule has 0 radical (unpaired) electrons. The molecule has 2 rings (SSSR count). The van der Waals surface area contributed by atoms with Crippen molar-refractivity contribution in [3.8, 4) is 0 Å². The maximum atomic E-state index is 5.50. The first-order valence-corrected chi connectivity index (χ1v) is 6.12. The van der Waals surface area contributed by atoms with Crippen molar-refractivity contribution >= 4 is 11.8 Å². The first kappa shape index (κ1) is 9.81. The van der Waals surface area contributed by atoms with Crippen molar-refractivity contribution in [1.29, 1.82) is 0 Å². The van der Waals surface area contributed by atoms with E-state index in [1.165, 1.54) is 25.0 Å². The van der Waals surface area contributed by atoms with Gasteiger partial charge >= 0.3 is 0 Å². The molecule has 3 heteroatoms. The van der Waals surface area contributed by atoms with Crippen molar-refractivity contribution in [2.24, 2.45) is 0 Å². The Morgan fingerprint density at radius 1 is 1.23 bits per heavy atom. The molecule has 2 aliphatic heterocycles. The lowest BCUT2D eigenvalue weighted by atomic mass is 10.0. The third-order valence-electron chi connectivity index (χ3n) is 2.80. The van der Waals surface area contributed by atoms with Crippen LogP contribution in [0.15, 0.2) is 0 Å². The van der Waals surface area contributed by atoms with Gasteiger partial charge in [-0.25, -0.2) is 0 Å². The molecule has 1 spiro atoms. The third kappa shape index (κ3) is 2.20. The summed E-state index contributed by atoms with van der Waals surface area (Å²) in [6.45, 7) is 6.46. The maximum absolute atomic E-state index is 5.50. The number of nitrogens with one attached hydrogen (secondary N) is 1. The Labute approximate surface area is 84.8 Å². The molecule has 2 heterocycles. The van der Waals surface area contributed by atoms with Crippen molar-refractivity contribution in [3.05, 3.63) is 0 Å². The topological polar surface area (TPSA) is 21.3 Å². The second kappa shape index (κ2) is 3.44. The molecule has 2 aliphatic rings. The van der Waals surface area contributed by atoms with E-state index in [1.54, 1.807) is 0 Å². The molecule has 0 bridgehead atoms. The minimum Gasteiger partial charge on any atom is -0.381 e. The average molecular weight is 201 g/mol. The Balaban J connectivity index is 2.03. The van der Waals surface area contributed by atoms with Crippen LogP contribution in [-0.2, 0) is 4.74 Å². The predicted molar refractivity (Wildman–Crippen MR) is 57.1 cm³/mol. The SMILES string of the molecule is CC1(C)CSC2(CCCOCC2)N1. The smallest absolute Gasteiger partial charge is 0.0673 e. The Bertz CT molecular complexity index is 180. The van der Waals surface area contributed by atoms with Crippen molar-refractivity contribution in [3.63, 3.8) is 0 Å². The zero-order valence-corrected chi connectivity index (χ0v) is 9.38. The fourth-order valence-corrected chi connectivity index (χ4v) is 3.77. The molecular weight excluding hydrogens is 182 g/mol. The molecule has 2 nitrogen and oxygen atoms in total. The molecule has 0 aliphatic carbocycles. The van der Waals surface area contributed by atoms with Gasteiger partial charge in [-0.1, -0.05) is 0 Å². The van der Waals surface area contributed by atoms with E-state index in [0.717, 1.165) is 13.2 Å². The molecule has 2 saturated heterocycles. The summed E-state index contributed by atoms with van der Waals surface area (Å²) in [7, 11) is 0. The molecule has 0 saturated carbocycles. The highest BCUT2D eigenvalue weighted by Crippen LogP contribution is 2.42. The number of ether oxygens (including phenoxy) is 1. The largest absolute Gasteiger partial charge is 0.381 e. The normalized spacial score (nSPS) is 39.2. The van der Waals surface area contributed by atoms with Gasteiger partial charge in [0.25, 0.3) is 0 Å². The molecule has 0 aromatic carbocycles. The maximum Gasteiger partial charge on any atom is 0.0673 e. The van der Waals surface area contributed by atoms with Crippen LogP contribution in [0.3, 0.4) is 0 Å². The van der Waals surface area contributed by atoms with Gasteiger partial charge in [-0.3, -0.25) is 5.32 Å². The number of hydrogen-bond acceptors (Lipinski definition) is 3. The van der Waals surface area contributed by atoms with Gasteiger partial charge in [-0.2, -0.15) is 0 Å². The molecule has 0 amide bonds. The first-order valence-electron chi connectivity index (χ1n) is 5.13. The molecule has 1 unspecified atom stereocenters. The second-order valence-corrected chi connectivity index (χ2v) is 6.12. The van der Waals surface area contributed by atoms with Crippen molar-refractivity contribution in [1.82, 2.24) is 5.32 Å². The molecule has 0 aromatic rings. The van der Waals surface area contributed by atoms with Gasteiger partial charge < -0.3 is 4.74 Å². The zero-order valence-electron chi connectivity index (χ0n) is 8.56. The van der Waals surface area contributed by atoms with Gasteiger partial charge in [0.2, 0.25) is 0 Å². The highest BCUT2D eigenvalue weighted by molar-refractivity contribution is 8.00. The fourth-order valence-electron chi connectivity index (χ4n) is 2.20. The monoisotopic (exact) mass is 201 g/mol. The van der Waals surface area contributed by atoms with Gasteiger partial charge in [-0.15, -0.1) is 11.8 Å². The summed E-state index contributed by atoms with van der Waals surface area (Å²) < 4.78 is 5.50. The Hall–Kier alpha value is 0.270. The lowest BCUT2D eigenvalue weighted by Gasteiger charge is -2.29. The highest BCUT2D eigenvalue weighted by atomic mass is 32.2. The van der Waals surface area contributed by atoms with Crippen molar-refractivity contribution in [2.75, 3.05) is 19.0 Å². The van der Waals surface area contributed by atoms with E-state index < -0.39 is 0 Å². The van der Waals surface area contributed by atoms with E-state index in [4.69, 9.17) is 4.74 Å². The summed E-state index contributed by atoms with van der Waals surface area (Å²) in [6.07, 6.45) is 3.64. The molecule has 1 atom stereocenters. The first-order chi connectivity index (χ1) is 6.12. The van der Waals surface area contributed by atoms with E-state index >= 15 is 0 Å². The van der Waals surface area contributed by atoms with E-state index in [0.29, 0.717) is 10.4 Å².